The van der Waals surface area contributed by atoms with E-state index in [1.165, 1.54) is 19.3 Å². The molecule has 2 heteroatoms. The van der Waals surface area contributed by atoms with Gasteiger partial charge in [-0.3, -0.25) is 0 Å². The van der Waals surface area contributed by atoms with Crippen LogP contribution < -0.4 is 5.32 Å². The normalized spacial score (nSPS) is 13.6. The van der Waals surface area contributed by atoms with Crippen LogP contribution in [0.1, 0.15) is 40.0 Å². The van der Waals surface area contributed by atoms with Gasteiger partial charge in [-0.25, -0.2) is 0 Å². The largest absolute Gasteiger partial charge is 0.385 e. The quantitative estimate of drug-likeness (QED) is 0.630. The summed E-state index contributed by atoms with van der Waals surface area (Å²) in [5, 5.41) is 3.48. The first-order valence-electron chi connectivity index (χ1n) is 5.43. The van der Waals surface area contributed by atoms with Crippen LogP contribution >= 0.6 is 0 Å². The Labute approximate surface area is 83.1 Å². The van der Waals surface area contributed by atoms with Crippen molar-refractivity contribution < 1.29 is 4.74 Å². The molecule has 1 atom stereocenters. The Bertz CT molecular complexity index is 104. The summed E-state index contributed by atoms with van der Waals surface area (Å²) in [6.07, 6.45) is 3.77. The van der Waals surface area contributed by atoms with Gasteiger partial charge in [-0.2, -0.15) is 0 Å². The highest BCUT2D eigenvalue weighted by molar-refractivity contribution is 4.63. The predicted molar refractivity (Wildman–Crippen MR) is 58.0 cm³/mol. The molecule has 0 aliphatic carbocycles. The van der Waals surface area contributed by atoms with Gasteiger partial charge in [0.1, 0.15) is 0 Å². The Morgan fingerprint density at radius 2 is 1.92 bits per heavy atom. The third-order valence-electron chi connectivity index (χ3n) is 2.24. The van der Waals surface area contributed by atoms with Gasteiger partial charge in [-0.05, 0) is 25.3 Å². The van der Waals surface area contributed by atoms with E-state index in [0.29, 0.717) is 6.04 Å². The molecule has 0 aromatic carbocycles. The number of ether oxygens (including phenoxy) is 1. The van der Waals surface area contributed by atoms with Gasteiger partial charge < -0.3 is 10.1 Å². The third-order valence-corrected chi connectivity index (χ3v) is 2.24. The van der Waals surface area contributed by atoms with Gasteiger partial charge >= 0.3 is 0 Å². The van der Waals surface area contributed by atoms with Crippen molar-refractivity contribution in [3.63, 3.8) is 0 Å². The van der Waals surface area contributed by atoms with Crippen molar-refractivity contribution in [1.29, 1.82) is 0 Å². The van der Waals surface area contributed by atoms with Crippen LogP contribution in [-0.4, -0.2) is 26.3 Å². The van der Waals surface area contributed by atoms with Gasteiger partial charge in [-0.15, -0.1) is 0 Å². The highest BCUT2D eigenvalue weighted by Gasteiger charge is 2.07. The smallest absolute Gasteiger partial charge is 0.0465 e. The second kappa shape index (κ2) is 8.52. The van der Waals surface area contributed by atoms with Crippen LogP contribution in [0.3, 0.4) is 0 Å². The van der Waals surface area contributed by atoms with Crippen molar-refractivity contribution in [2.75, 3.05) is 20.3 Å². The Morgan fingerprint density at radius 3 is 2.38 bits per heavy atom. The topological polar surface area (TPSA) is 21.3 Å². The molecule has 0 radical (unpaired) electrons. The molecule has 1 N–H and O–H groups in total. The van der Waals surface area contributed by atoms with Gasteiger partial charge in [0.05, 0.1) is 0 Å². The summed E-state index contributed by atoms with van der Waals surface area (Å²) in [6.45, 7) is 8.66. The van der Waals surface area contributed by atoms with Crippen LogP contribution in [0.5, 0.6) is 0 Å². The zero-order valence-corrected chi connectivity index (χ0v) is 9.60. The van der Waals surface area contributed by atoms with Crippen molar-refractivity contribution in [1.82, 2.24) is 5.32 Å². The monoisotopic (exact) mass is 187 g/mol. The molecule has 0 bridgehead atoms. The third kappa shape index (κ3) is 8.26. The summed E-state index contributed by atoms with van der Waals surface area (Å²) in [5.41, 5.74) is 0. The lowest BCUT2D eigenvalue weighted by Crippen LogP contribution is -2.29. The van der Waals surface area contributed by atoms with Crippen molar-refractivity contribution >= 4 is 0 Å². The molecular weight excluding hydrogens is 162 g/mol. The van der Waals surface area contributed by atoms with E-state index in [4.69, 9.17) is 4.74 Å². The lowest BCUT2D eigenvalue weighted by atomic mass is 10.00. The molecule has 0 saturated carbocycles. The number of rotatable bonds is 8. The second-order valence-corrected chi connectivity index (χ2v) is 4.00. The molecule has 0 heterocycles. The summed E-state index contributed by atoms with van der Waals surface area (Å²) in [4.78, 5) is 0. The van der Waals surface area contributed by atoms with E-state index in [1.807, 2.05) is 0 Å². The van der Waals surface area contributed by atoms with Crippen LogP contribution in [-0.2, 0) is 4.74 Å². The lowest BCUT2D eigenvalue weighted by Gasteiger charge is -2.18. The fourth-order valence-corrected chi connectivity index (χ4v) is 1.44. The standard InChI is InChI=1S/C11H25NO/c1-5-6-11(7-8-13-4)9-12-10(2)3/h10-12H,5-9H2,1-4H3. The summed E-state index contributed by atoms with van der Waals surface area (Å²) in [5.74, 6) is 0.785. The van der Waals surface area contributed by atoms with E-state index in [2.05, 4.69) is 26.1 Å². The molecular formula is C11H25NO. The van der Waals surface area contributed by atoms with Crippen molar-refractivity contribution in [2.45, 2.75) is 46.1 Å². The lowest BCUT2D eigenvalue weighted by molar-refractivity contribution is 0.173. The molecule has 0 rings (SSSR count). The molecule has 0 fully saturated rings. The zero-order valence-electron chi connectivity index (χ0n) is 9.60. The molecule has 0 saturated heterocycles. The SMILES string of the molecule is CCCC(CCOC)CNC(C)C. The maximum absolute atomic E-state index is 5.10. The number of hydrogen-bond donors (Lipinski definition) is 1. The number of hydrogen-bond acceptors (Lipinski definition) is 2. The molecule has 0 aliphatic heterocycles. The minimum absolute atomic E-state index is 0.599. The Kier molecular flexibility index (Phi) is 8.46. The fraction of sp³-hybridized carbons (Fsp3) is 1.00. The van der Waals surface area contributed by atoms with E-state index < -0.39 is 0 Å². The molecule has 13 heavy (non-hydrogen) atoms. The summed E-state index contributed by atoms with van der Waals surface area (Å²) >= 11 is 0. The molecule has 0 spiro atoms. The Hall–Kier alpha value is -0.0800. The maximum Gasteiger partial charge on any atom is 0.0465 e. The van der Waals surface area contributed by atoms with Crippen molar-refractivity contribution in [3.8, 4) is 0 Å². The molecule has 0 aromatic heterocycles. The van der Waals surface area contributed by atoms with Gasteiger partial charge in [0.25, 0.3) is 0 Å². The zero-order chi connectivity index (χ0) is 10.1. The average Bonchev–Trinajstić information content (AvgIpc) is 2.09. The van der Waals surface area contributed by atoms with Crippen LogP contribution in [0.2, 0.25) is 0 Å². The molecule has 80 valence electrons. The van der Waals surface area contributed by atoms with Crippen molar-refractivity contribution in [3.05, 3.63) is 0 Å². The van der Waals surface area contributed by atoms with Gasteiger partial charge in [0.2, 0.25) is 0 Å². The molecule has 2 nitrogen and oxygen atoms in total. The summed E-state index contributed by atoms with van der Waals surface area (Å²) in [6, 6.07) is 0.599. The van der Waals surface area contributed by atoms with E-state index in [0.717, 1.165) is 19.1 Å². The minimum Gasteiger partial charge on any atom is -0.385 e. The minimum atomic E-state index is 0.599. The van der Waals surface area contributed by atoms with E-state index in [1.54, 1.807) is 7.11 Å². The van der Waals surface area contributed by atoms with E-state index in [9.17, 15) is 0 Å². The highest BCUT2D eigenvalue weighted by Crippen LogP contribution is 2.10. The molecule has 0 aromatic rings. The number of methoxy groups -OCH3 is 1. The van der Waals surface area contributed by atoms with E-state index in [-0.39, 0.29) is 0 Å². The van der Waals surface area contributed by atoms with Crippen LogP contribution in [0.15, 0.2) is 0 Å². The Morgan fingerprint density at radius 1 is 1.23 bits per heavy atom. The van der Waals surface area contributed by atoms with Gasteiger partial charge in [0, 0.05) is 19.8 Å². The van der Waals surface area contributed by atoms with Gasteiger partial charge in [-0.1, -0.05) is 27.2 Å². The first kappa shape index (κ1) is 12.9. The van der Waals surface area contributed by atoms with Crippen LogP contribution in [0.25, 0.3) is 0 Å². The average molecular weight is 187 g/mol. The number of nitrogens with one attached hydrogen (secondary N) is 1. The summed E-state index contributed by atoms with van der Waals surface area (Å²) in [7, 11) is 1.78. The van der Waals surface area contributed by atoms with Crippen molar-refractivity contribution in [2.24, 2.45) is 5.92 Å². The first-order chi connectivity index (χ1) is 6.20. The molecule has 1 unspecified atom stereocenters. The van der Waals surface area contributed by atoms with Gasteiger partial charge in [0.15, 0.2) is 0 Å². The second-order valence-electron chi connectivity index (χ2n) is 4.00. The molecule has 0 aliphatic rings. The van der Waals surface area contributed by atoms with Crippen LogP contribution in [0.4, 0.5) is 0 Å². The highest BCUT2D eigenvalue weighted by atomic mass is 16.5. The molecule has 0 amide bonds. The Balaban J connectivity index is 3.53. The van der Waals surface area contributed by atoms with E-state index >= 15 is 0 Å². The fourth-order valence-electron chi connectivity index (χ4n) is 1.44. The predicted octanol–water partition coefficient (Wildman–Crippen LogP) is 2.44. The maximum atomic E-state index is 5.10. The first-order valence-corrected chi connectivity index (χ1v) is 5.43. The summed E-state index contributed by atoms with van der Waals surface area (Å²) < 4.78 is 5.10. The van der Waals surface area contributed by atoms with Crippen LogP contribution in [0, 0.1) is 5.92 Å².